The third-order valence-electron chi connectivity index (χ3n) is 6.04. The van der Waals surface area contributed by atoms with Gasteiger partial charge in [-0.1, -0.05) is 0 Å². The van der Waals surface area contributed by atoms with Crippen molar-refractivity contribution >= 4 is 47.6 Å². The number of carbonyl (C=O) groups is 1. The Hall–Kier alpha value is -0.220. The fraction of sp³-hybridized carbons (Fsp3) is 0.895. The van der Waals surface area contributed by atoms with Crippen LogP contribution in [0.3, 0.4) is 0 Å². The van der Waals surface area contributed by atoms with Crippen LogP contribution in [0.2, 0.25) is 0 Å². The van der Waals surface area contributed by atoms with Crippen LogP contribution in [-0.2, 0) is 4.79 Å². The van der Waals surface area contributed by atoms with Crippen molar-refractivity contribution in [2.45, 2.75) is 38.6 Å². The third kappa shape index (κ3) is 6.39. The molecule has 8 heteroatoms. The molecule has 0 spiro atoms. The number of amides is 1. The van der Waals surface area contributed by atoms with E-state index in [2.05, 4.69) is 38.8 Å². The van der Waals surface area contributed by atoms with Gasteiger partial charge in [-0.2, -0.15) is 11.8 Å². The quantitative estimate of drug-likeness (QED) is 0.357. The van der Waals surface area contributed by atoms with Crippen molar-refractivity contribution in [1.29, 1.82) is 0 Å². The fourth-order valence-electron chi connectivity index (χ4n) is 4.20. The Labute approximate surface area is 185 Å². The van der Waals surface area contributed by atoms with Crippen LogP contribution in [0.1, 0.15) is 32.6 Å². The van der Waals surface area contributed by atoms with Crippen LogP contribution < -0.4 is 5.32 Å². The zero-order chi connectivity index (χ0) is 18.4. The van der Waals surface area contributed by atoms with Crippen molar-refractivity contribution in [3.8, 4) is 0 Å². The second-order valence-electron chi connectivity index (χ2n) is 7.72. The van der Waals surface area contributed by atoms with E-state index < -0.39 is 0 Å². The van der Waals surface area contributed by atoms with Crippen LogP contribution in [0.4, 0.5) is 0 Å². The minimum atomic E-state index is 0. The maximum atomic E-state index is 12.6. The highest BCUT2D eigenvalue weighted by Gasteiger charge is 2.30. The number of rotatable bonds is 4. The van der Waals surface area contributed by atoms with E-state index in [1.165, 1.54) is 24.3 Å². The summed E-state index contributed by atoms with van der Waals surface area (Å²) in [5, 5.41) is 3.59. The van der Waals surface area contributed by atoms with Crippen molar-refractivity contribution in [3.63, 3.8) is 0 Å². The number of halogens is 1. The molecule has 27 heavy (non-hydrogen) atoms. The number of carbonyl (C=O) groups excluding carboxylic acids is 1. The van der Waals surface area contributed by atoms with Crippen LogP contribution in [0.25, 0.3) is 0 Å². The maximum Gasteiger partial charge on any atom is 0.239 e. The topological polar surface area (TPSA) is 51.2 Å². The van der Waals surface area contributed by atoms with E-state index in [4.69, 9.17) is 0 Å². The first-order valence-electron chi connectivity index (χ1n) is 10.2. The van der Waals surface area contributed by atoms with Gasteiger partial charge >= 0.3 is 0 Å². The average molecular weight is 510 g/mol. The molecular formula is C19H36IN5OS. The predicted octanol–water partition coefficient (Wildman–Crippen LogP) is 1.95. The van der Waals surface area contributed by atoms with Gasteiger partial charge in [-0.15, -0.1) is 24.0 Å². The average Bonchev–Trinajstić information content (AvgIpc) is 3.23. The Kier molecular flexibility index (Phi) is 10.00. The van der Waals surface area contributed by atoms with E-state index in [0.29, 0.717) is 5.91 Å². The van der Waals surface area contributed by atoms with Crippen LogP contribution in [-0.4, -0.2) is 97.0 Å². The first kappa shape index (κ1) is 23.1. The number of aliphatic imine (C=N–C) groups is 1. The summed E-state index contributed by atoms with van der Waals surface area (Å²) >= 11 is 2.08. The van der Waals surface area contributed by atoms with E-state index in [1.54, 1.807) is 0 Å². The normalized spacial score (nSPS) is 23.9. The van der Waals surface area contributed by atoms with Crippen molar-refractivity contribution in [2.75, 3.05) is 64.4 Å². The lowest BCUT2D eigenvalue weighted by molar-refractivity contribution is -0.135. The molecule has 0 aliphatic carbocycles. The van der Waals surface area contributed by atoms with Crippen molar-refractivity contribution in [3.05, 3.63) is 0 Å². The van der Waals surface area contributed by atoms with Crippen LogP contribution in [0.5, 0.6) is 0 Å². The first-order valence-corrected chi connectivity index (χ1v) is 11.4. The summed E-state index contributed by atoms with van der Waals surface area (Å²) in [5.41, 5.74) is 0. The molecule has 6 nitrogen and oxygen atoms in total. The Balaban J connectivity index is 0.00000261. The number of nitrogens with one attached hydrogen (secondary N) is 1. The number of hydrogen-bond donors (Lipinski definition) is 1. The van der Waals surface area contributed by atoms with Gasteiger partial charge < -0.3 is 15.1 Å². The molecule has 3 fully saturated rings. The molecule has 3 aliphatic heterocycles. The van der Waals surface area contributed by atoms with Gasteiger partial charge in [-0.05, 0) is 50.0 Å². The number of hydrogen-bond acceptors (Lipinski definition) is 4. The highest BCUT2D eigenvalue weighted by atomic mass is 127. The molecule has 3 rings (SSSR count). The lowest BCUT2D eigenvalue weighted by atomic mass is 10.0. The third-order valence-corrected chi connectivity index (χ3v) is 7.09. The van der Waals surface area contributed by atoms with E-state index in [-0.39, 0.29) is 30.0 Å². The highest BCUT2D eigenvalue weighted by molar-refractivity contribution is 14.0. The fourth-order valence-corrected chi connectivity index (χ4v) is 5.40. The summed E-state index contributed by atoms with van der Waals surface area (Å²) in [6.07, 6.45) is 4.96. The molecule has 0 radical (unpaired) electrons. The summed E-state index contributed by atoms with van der Waals surface area (Å²) in [6, 6.07) is 0.00460. The second kappa shape index (κ2) is 11.7. The Morgan fingerprint density at radius 1 is 1.07 bits per heavy atom. The van der Waals surface area contributed by atoms with Crippen molar-refractivity contribution in [2.24, 2.45) is 10.9 Å². The minimum absolute atomic E-state index is 0. The molecule has 3 heterocycles. The molecule has 1 amide bonds. The zero-order valence-corrected chi connectivity index (χ0v) is 20.0. The van der Waals surface area contributed by atoms with Crippen LogP contribution in [0.15, 0.2) is 4.99 Å². The maximum absolute atomic E-state index is 12.6. The van der Waals surface area contributed by atoms with Gasteiger partial charge in [-0.3, -0.25) is 14.7 Å². The molecule has 0 aromatic rings. The molecule has 1 unspecified atom stereocenters. The monoisotopic (exact) mass is 509 g/mol. The lowest BCUT2D eigenvalue weighted by Gasteiger charge is -2.39. The Bertz CT molecular complexity index is 486. The molecule has 0 aromatic carbocycles. The molecule has 3 saturated heterocycles. The van der Waals surface area contributed by atoms with Gasteiger partial charge in [0.2, 0.25) is 5.91 Å². The minimum Gasteiger partial charge on any atom is -0.356 e. The van der Waals surface area contributed by atoms with Crippen molar-refractivity contribution < 1.29 is 4.79 Å². The largest absolute Gasteiger partial charge is 0.356 e. The number of likely N-dealkylation sites (tertiary alicyclic amines) is 1. The van der Waals surface area contributed by atoms with E-state index in [0.717, 1.165) is 70.5 Å². The number of nitrogens with zero attached hydrogens (tertiary/aromatic N) is 4. The summed E-state index contributed by atoms with van der Waals surface area (Å²) < 4.78 is 0. The SMILES string of the molecule is CN=C(NCC1CCSCC1)N1CCN(C(C)C(=O)N2CCCC2)CC1.I. The van der Waals surface area contributed by atoms with E-state index in [9.17, 15) is 4.79 Å². The van der Waals surface area contributed by atoms with Gasteiger partial charge in [0.1, 0.15) is 0 Å². The van der Waals surface area contributed by atoms with Gasteiger partial charge in [-0.25, -0.2) is 0 Å². The molecule has 1 N–H and O–H groups in total. The van der Waals surface area contributed by atoms with Gasteiger partial charge in [0.05, 0.1) is 6.04 Å². The van der Waals surface area contributed by atoms with Crippen LogP contribution >= 0.6 is 35.7 Å². The number of piperazine rings is 1. The van der Waals surface area contributed by atoms with E-state index in [1.807, 2.05) is 11.9 Å². The van der Waals surface area contributed by atoms with Crippen LogP contribution in [0, 0.1) is 5.92 Å². The summed E-state index contributed by atoms with van der Waals surface area (Å²) in [5.74, 6) is 4.72. The first-order chi connectivity index (χ1) is 12.7. The van der Waals surface area contributed by atoms with Crippen molar-refractivity contribution in [1.82, 2.24) is 20.0 Å². The summed E-state index contributed by atoms with van der Waals surface area (Å²) in [4.78, 5) is 23.8. The molecule has 156 valence electrons. The molecule has 0 saturated carbocycles. The molecule has 3 aliphatic rings. The predicted molar refractivity (Wildman–Crippen MR) is 125 cm³/mol. The smallest absolute Gasteiger partial charge is 0.239 e. The second-order valence-corrected chi connectivity index (χ2v) is 8.94. The summed E-state index contributed by atoms with van der Waals surface area (Å²) in [7, 11) is 1.88. The van der Waals surface area contributed by atoms with Gasteiger partial charge in [0.25, 0.3) is 0 Å². The molecule has 0 bridgehead atoms. The Morgan fingerprint density at radius 2 is 1.70 bits per heavy atom. The molecular weight excluding hydrogens is 473 g/mol. The Morgan fingerprint density at radius 3 is 2.30 bits per heavy atom. The van der Waals surface area contributed by atoms with E-state index >= 15 is 0 Å². The zero-order valence-electron chi connectivity index (χ0n) is 16.9. The molecule has 1 atom stereocenters. The highest BCUT2D eigenvalue weighted by Crippen LogP contribution is 2.22. The standard InChI is InChI=1S/C19H35N5OS.HI/c1-16(18(25)23-7-3-4-8-23)22-9-11-24(12-10-22)19(20-2)21-15-17-5-13-26-14-6-17;/h16-17H,3-15H2,1-2H3,(H,20,21);1H. The molecule has 0 aromatic heterocycles. The lowest BCUT2D eigenvalue weighted by Crippen LogP contribution is -2.57. The number of thioether (sulfide) groups is 1. The van der Waals surface area contributed by atoms with Gasteiger partial charge in [0.15, 0.2) is 5.96 Å². The number of guanidine groups is 1. The summed E-state index contributed by atoms with van der Waals surface area (Å²) in [6.45, 7) is 8.75. The van der Waals surface area contributed by atoms with Gasteiger partial charge in [0, 0.05) is 52.9 Å².